The van der Waals surface area contributed by atoms with Gasteiger partial charge in [-0.25, -0.2) is 0 Å². The molecule has 6 heteroatoms. The van der Waals surface area contributed by atoms with Gasteiger partial charge in [-0.2, -0.15) is 0 Å². The number of rotatable bonds is 6. The van der Waals surface area contributed by atoms with Crippen LogP contribution >= 0.6 is 11.6 Å². The van der Waals surface area contributed by atoms with Crippen LogP contribution in [0.15, 0.2) is 42.5 Å². The van der Waals surface area contributed by atoms with Gasteiger partial charge in [0.05, 0.1) is 12.8 Å². The predicted molar refractivity (Wildman–Crippen MR) is 99.5 cm³/mol. The first-order valence-corrected chi connectivity index (χ1v) is 8.26. The Balaban J connectivity index is 2.05. The summed E-state index contributed by atoms with van der Waals surface area (Å²) in [5.74, 6) is 0.205. The summed E-state index contributed by atoms with van der Waals surface area (Å²) < 4.78 is 5.30. The number of hydrogen-bond donors (Lipinski definition) is 1. The summed E-state index contributed by atoms with van der Waals surface area (Å²) in [6.07, 6.45) is 0. The molecule has 0 radical (unpaired) electrons. The first-order valence-electron chi connectivity index (χ1n) is 7.89. The van der Waals surface area contributed by atoms with E-state index in [0.29, 0.717) is 35.1 Å². The molecule has 2 aromatic carbocycles. The standard InChI is InChI=1S/C19H21ClN2O3/c1-13-4-6-15(7-5-13)19(24)21-10-11-22(14(2)23)17-12-16(20)8-9-18(17)25-3/h4-9,12H,10-11H2,1-3H3,(H,21,24). The molecule has 0 saturated carbocycles. The van der Waals surface area contributed by atoms with E-state index in [1.165, 1.54) is 18.9 Å². The highest BCUT2D eigenvalue weighted by molar-refractivity contribution is 6.31. The number of carbonyl (C=O) groups excluding carboxylic acids is 2. The van der Waals surface area contributed by atoms with Crippen LogP contribution in [0.3, 0.4) is 0 Å². The molecular weight excluding hydrogens is 340 g/mol. The fourth-order valence-corrected chi connectivity index (χ4v) is 2.58. The van der Waals surface area contributed by atoms with Crippen LogP contribution in [0.2, 0.25) is 5.02 Å². The van der Waals surface area contributed by atoms with Gasteiger partial charge in [0.2, 0.25) is 5.91 Å². The lowest BCUT2D eigenvalue weighted by Crippen LogP contribution is -2.37. The second-order valence-corrected chi connectivity index (χ2v) is 6.05. The van der Waals surface area contributed by atoms with E-state index in [1.807, 2.05) is 19.1 Å². The number of methoxy groups -OCH3 is 1. The highest BCUT2D eigenvalue weighted by Gasteiger charge is 2.17. The van der Waals surface area contributed by atoms with E-state index in [2.05, 4.69) is 5.32 Å². The van der Waals surface area contributed by atoms with E-state index in [9.17, 15) is 9.59 Å². The number of aryl methyl sites for hydroxylation is 1. The van der Waals surface area contributed by atoms with E-state index in [0.717, 1.165) is 5.56 Å². The van der Waals surface area contributed by atoms with Gasteiger partial charge in [-0.3, -0.25) is 9.59 Å². The SMILES string of the molecule is COc1ccc(Cl)cc1N(CCNC(=O)c1ccc(C)cc1)C(C)=O. The molecule has 0 heterocycles. The third kappa shape index (κ3) is 4.97. The molecule has 1 N–H and O–H groups in total. The lowest BCUT2D eigenvalue weighted by atomic mass is 10.1. The molecule has 25 heavy (non-hydrogen) atoms. The molecule has 2 rings (SSSR count). The Morgan fingerprint density at radius 3 is 2.44 bits per heavy atom. The number of hydrogen-bond acceptors (Lipinski definition) is 3. The quantitative estimate of drug-likeness (QED) is 0.858. The Labute approximate surface area is 152 Å². The van der Waals surface area contributed by atoms with Crippen molar-refractivity contribution in [2.45, 2.75) is 13.8 Å². The second-order valence-electron chi connectivity index (χ2n) is 5.61. The van der Waals surface area contributed by atoms with Crippen LogP contribution in [0.4, 0.5) is 5.69 Å². The van der Waals surface area contributed by atoms with Crippen molar-refractivity contribution in [2.24, 2.45) is 0 Å². The van der Waals surface area contributed by atoms with Crippen molar-refractivity contribution in [3.63, 3.8) is 0 Å². The number of benzene rings is 2. The maximum absolute atomic E-state index is 12.2. The molecule has 0 bridgehead atoms. The lowest BCUT2D eigenvalue weighted by molar-refractivity contribution is -0.116. The van der Waals surface area contributed by atoms with Gasteiger partial charge in [0, 0.05) is 30.6 Å². The molecule has 2 aromatic rings. The highest BCUT2D eigenvalue weighted by Crippen LogP contribution is 2.31. The number of nitrogens with zero attached hydrogens (tertiary/aromatic N) is 1. The average Bonchev–Trinajstić information content (AvgIpc) is 2.58. The summed E-state index contributed by atoms with van der Waals surface area (Å²) in [7, 11) is 1.53. The fourth-order valence-electron chi connectivity index (χ4n) is 2.41. The van der Waals surface area contributed by atoms with Gasteiger partial charge in [-0.15, -0.1) is 0 Å². The molecule has 5 nitrogen and oxygen atoms in total. The lowest BCUT2D eigenvalue weighted by Gasteiger charge is -2.23. The number of halogens is 1. The third-order valence-corrected chi connectivity index (χ3v) is 3.98. The zero-order valence-electron chi connectivity index (χ0n) is 14.5. The van der Waals surface area contributed by atoms with Gasteiger partial charge in [-0.05, 0) is 37.3 Å². The number of anilines is 1. The Morgan fingerprint density at radius 2 is 1.84 bits per heavy atom. The highest BCUT2D eigenvalue weighted by atomic mass is 35.5. The van der Waals surface area contributed by atoms with Gasteiger partial charge in [0.15, 0.2) is 0 Å². The second kappa shape index (κ2) is 8.53. The van der Waals surface area contributed by atoms with Crippen LogP contribution in [-0.4, -0.2) is 32.0 Å². The van der Waals surface area contributed by atoms with Gasteiger partial charge < -0.3 is 15.0 Å². The van der Waals surface area contributed by atoms with Crippen LogP contribution < -0.4 is 15.0 Å². The molecule has 0 aliphatic carbocycles. The zero-order chi connectivity index (χ0) is 18.4. The van der Waals surface area contributed by atoms with E-state index in [4.69, 9.17) is 16.3 Å². The smallest absolute Gasteiger partial charge is 0.251 e. The van der Waals surface area contributed by atoms with E-state index >= 15 is 0 Å². The summed E-state index contributed by atoms with van der Waals surface area (Å²) in [5.41, 5.74) is 2.25. The molecule has 0 aliphatic heterocycles. The number of amides is 2. The molecule has 0 aromatic heterocycles. The van der Waals surface area contributed by atoms with Crippen molar-refractivity contribution >= 4 is 29.1 Å². The van der Waals surface area contributed by atoms with Gasteiger partial charge >= 0.3 is 0 Å². The topological polar surface area (TPSA) is 58.6 Å². The monoisotopic (exact) mass is 360 g/mol. The molecule has 2 amide bonds. The van der Waals surface area contributed by atoms with E-state index in [-0.39, 0.29) is 11.8 Å². The molecule has 0 unspecified atom stereocenters. The largest absolute Gasteiger partial charge is 0.495 e. The Morgan fingerprint density at radius 1 is 1.16 bits per heavy atom. The van der Waals surface area contributed by atoms with Crippen molar-refractivity contribution in [3.05, 3.63) is 58.6 Å². The predicted octanol–water partition coefficient (Wildman–Crippen LogP) is 3.44. The van der Waals surface area contributed by atoms with Crippen LogP contribution in [0.1, 0.15) is 22.8 Å². The summed E-state index contributed by atoms with van der Waals surface area (Å²) >= 11 is 6.04. The van der Waals surface area contributed by atoms with Crippen LogP contribution in [0, 0.1) is 6.92 Å². The Hall–Kier alpha value is -2.53. The minimum absolute atomic E-state index is 0.162. The molecule has 0 fully saturated rings. The Bertz CT molecular complexity index is 760. The number of ether oxygens (including phenoxy) is 1. The minimum atomic E-state index is -0.179. The van der Waals surface area contributed by atoms with Crippen molar-refractivity contribution in [1.82, 2.24) is 5.32 Å². The summed E-state index contributed by atoms with van der Waals surface area (Å²) in [6, 6.07) is 12.4. The molecule has 0 saturated heterocycles. The van der Waals surface area contributed by atoms with Crippen molar-refractivity contribution in [1.29, 1.82) is 0 Å². The zero-order valence-corrected chi connectivity index (χ0v) is 15.3. The van der Waals surface area contributed by atoms with Crippen molar-refractivity contribution in [3.8, 4) is 5.75 Å². The van der Waals surface area contributed by atoms with Gasteiger partial charge in [-0.1, -0.05) is 29.3 Å². The molecule has 132 valence electrons. The molecule has 0 atom stereocenters. The van der Waals surface area contributed by atoms with Crippen molar-refractivity contribution in [2.75, 3.05) is 25.1 Å². The molecule has 0 spiro atoms. The first-order chi connectivity index (χ1) is 11.9. The summed E-state index contributed by atoms with van der Waals surface area (Å²) in [6.45, 7) is 4.04. The van der Waals surface area contributed by atoms with E-state index in [1.54, 1.807) is 30.3 Å². The number of nitrogens with one attached hydrogen (secondary N) is 1. The average molecular weight is 361 g/mol. The summed E-state index contributed by atoms with van der Waals surface area (Å²) in [5, 5.41) is 3.32. The number of carbonyl (C=O) groups is 2. The molecular formula is C19H21ClN2O3. The van der Waals surface area contributed by atoms with Crippen LogP contribution in [-0.2, 0) is 4.79 Å². The molecule has 0 aliphatic rings. The third-order valence-electron chi connectivity index (χ3n) is 3.75. The van der Waals surface area contributed by atoms with Gasteiger partial charge in [0.1, 0.15) is 5.75 Å². The minimum Gasteiger partial charge on any atom is -0.495 e. The first kappa shape index (κ1) is 18.8. The fraction of sp³-hybridized carbons (Fsp3) is 0.263. The summed E-state index contributed by atoms with van der Waals surface area (Å²) in [4.78, 5) is 25.7. The van der Waals surface area contributed by atoms with Crippen molar-refractivity contribution < 1.29 is 14.3 Å². The van der Waals surface area contributed by atoms with Crippen LogP contribution in [0.5, 0.6) is 5.75 Å². The van der Waals surface area contributed by atoms with Gasteiger partial charge in [0.25, 0.3) is 5.91 Å². The van der Waals surface area contributed by atoms with E-state index < -0.39 is 0 Å². The Kier molecular flexibility index (Phi) is 6.42. The maximum Gasteiger partial charge on any atom is 0.251 e. The normalized spacial score (nSPS) is 10.2. The van der Waals surface area contributed by atoms with Crippen LogP contribution in [0.25, 0.3) is 0 Å². The maximum atomic E-state index is 12.2.